The Morgan fingerprint density at radius 3 is 2.20 bits per heavy atom. The summed E-state index contributed by atoms with van der Waals surface area (Å²) in [5.41, 5.74) is 7.55. The predicted octanol–water partition coefficient (Wildman–Crippen LogP) is 6.75. The van der Waals surface area contributed by atoms with Crippen LogP contribution in [0.5, 0.6) is 5.75 Å². The van der Waals surface area contributed by atoms with E-state index < -0.39 is 26.5 Å². The Morgan fingerprint density at radius 1 is 0.805 bits per heavy atom. The molecule has 5 aromatic rings. The number of fused-ring (bicyclic) bond motifs is 1. The van der Waals surface area contributed by atoms with Crippen LogP contribution in [0.4, 0.5) is 40.1 Å². The first kappa shape index (κ1) is 27.2. The van der Waals surface area contributed by atoms with Crippen LogP contribution in [0.15, 0.2) is 98.1 Å². The average Bonchev–Trinajstić information content (AvgIpc) is 2.91. The zero-order valence-electron chi connectivity index (χ0n) is 21.8. The van der Waals surface area contributed by atoms with Gasteiger partial charge in [0.15, 0.2) is 5.75 Å². The average molecular weight is 570 g/mol. The second-order valence-electron chi connectivity index (χ2n) is 8.81. The molecular formula is C27H23N9O4S. The number of hydrogen-bond donors (Lipinski definition) is 4. The molecule has 5 N–H and O–H groups in total. The molecule has 0 aliphatic carbocycles. The van der Waals surface area contributed by atoms with Crippen molar-refractivity contribution in [2.24, 2.45) is 20.5 Å². The molecule has 0 saturated heterocycles. The van der Waals surface area contributed by atoms with Crippen LogP contribution in [-0.2, 0) is 10.1 Å². The Balaban J connectivity index is 1.55. The van der Waals surface area contributed by atoms with E-state index in [1.54, 1.807) is 62.4 Å². The highest BCUT2D eigenvalue weighted by Gasteiger charge is 2.24. The van der Waals surface area contributed by atoms with E-state index in [1.165, 1.54) is 12.1 Å². The fourth-order valence-corrected chi connectivity index (χ4v) is 4.65. The minimum atomic E-state index is -4.81. The summed E-state index contributed by atoms with van der Waals surface area (Å²) in [4.78, 5) is 12.0. The van der Waals surface area contributed by atoms with Gasteiger partial charge in [-0.1, -0.05) is 30.3 Å². The molecule has 0 amide bonds. The summed E-state index contributed by atoms with van der Waals surface area (Å²) in [7, 11) is -4.81. The number of phenolic OH excluding ortho intramolecular Hbond substituents is 1. The van der Waals surface area contributed by atoms with Gasteiger partial charge in [0.05, 0.1) is 22.4 Å². The number of nitrogens with one attached hydrogen (secondary N) is 1. The first-order valence-electron chi connectivity index (χ1n) is 12.1. The smallest absolute Gasteiger partial charge is 0.296 e. The number of aryl methyl sites for hydroxylation is 2. The van der Waals surface area contributed by atoms with Crippen LogP contribution < -0.4 is 11.1 Å². The summed E-state index contributed by atoms with van der Waals surface area (Å²) >= 11 is 0. The lowest BCUT2D eigenvalue weighted by Crippen LogP contribution is -2.02. The summed E-state index contributed by atoms with van der Waals surface area (Å²) in [6.07, 6.45) is 0. The maximum atomic E-state index is 12.2. The molecule has 5 rings (SSSR count). The number of benzene rings is 4. The van der Waals surface area contributed by atoms with Crippen LogP contribution in [-0.4, -0.2) is 33.0 Å². The number of anilines is 3. The highest BCUT2D eigenvalue weighted by molar-refractivity contribution is 7.86. The first-order chi connectivity index (χ1) is 19.6. The number of rotatable bonds is 7. The van der Waals surface area contributed by atoms with Gasteiger partial charge in [0.25, 0.3) is 10.1 Å². The number of hydrogen-bond acceptors (Lipinski definition) is 12. The van der Waals surface area contributed by atoms with Crippen molar-refractivity contribution in [3.8, 4) is 5.75 Å². The van der Waals surface area contributed by atoms with Gasteiger partial charge in [-0.25, -0.2) is 4.98 Å². The van der Waals surface area contributed by atoms with Crippen LogP contribution in [0, 0.1) is 13.8 Å². The van der Waals surface area contributed by atoms with Gasteiger partial charge in [-0.2, -0.15) is 28.6 Å². The molecular weight excluding hydrogens is 546 g/mol. The first-order valence-corrected chi connectivity index (χ1v) is 13.5. The van der Waals surface area contributed by atoms with Crippen molar-refractivity contribution in [2.45, 2.75) is 18.7 Å². The largest absolute Gasteiger partial charge is 0.505 e. The highest BCUT2D eigenvalue weighted by Crippen LogP contribution is 2.46. The van der Waals surface area contributed by atoms with Crippen molar-refractivity contribution in [2.75, 3.05) is 11.1 Å². The van der Waals surface area contributed by atoms with Crippen LogP contribution in [0.25, 0.3) is 10.8 Å². The Kier molecular flexibility index (Phi) is 7.33. The van der Waals surface area contributed by atoms with Crippen molar-refractivity contribution in [3.05, 3.63) is 84.4 Å². The van der Waals surface area contributed by atoms with Crippen LogP contribution in [0.1, 0.15) is 11.6 Å². The molecule has 0 unspecified atom stereocenters. The van der Waals surface area contributed by atoms with Crippen molar-refractivity contribution < 1.29 is 18.1 Å². The molecule has 206 valence electrons. The fourth-order valence-electron chi connectivity index (χ4n) is 4.00. The number of nitrogen functional groups attached to an aromatic ring is 1. The van der Waals surface area contributed by atoms with E-state index in [1.807, 2.05) is 6.07 Å². The molecule has 0 aliphatic rings. The SMILES string of the molecule is Cc1nc(C)nc(Nc2cccc(N=Nc3c(S(=O)(=O)O)cc4ccc(N=Nc5ccccc5)c(N)c4c3O)c2)n1. The maximum Gasteiger partial charge on any atom is 0.296 e. The molecule has 0 bridgehead atoms. The van der Waals surface area contributed by atoms with E-state index >= 15 is 0 Å². The molecule has 1 aromatic heterocycles. The van der Waals surface area contributed by atoms with E-state index in [0.29, 0.717) is 34.7 Å². The molecule has 41 heavy (non-hydrogen) atoms. The Bertz CT molecular complexity index is 1930. The molecule has 0 fully saturated rings. The Morgan fingerprint density at radius 2 is 1.49 bits per heavy atom. The van der Waals surface area contributed by atoms with E-state index in [0.717, 1.165) is 6.07 Å². The number of aromatic nitrogens is 3. The van der Waals surface area contributed by atoms with E-state index in [-0.39, 0.29) is 22.1 Å². The van der Waals surface area contributed by atoms with Crippen LogP contribution >= 0.6 is 0 Å². The lowest BCUT2D eigenvalue weighted by atomic mass is 10.1. The van der Waals surface area contributed by atoms with Crippen molar-refractivity contribution in [1.82, 2.24) is 15.0 Å². The third-order valence-corrected chi connectivity index (χ3v) is 6.64. The van der Waals surface area contributed by atoms with E-state index in [4.69, 9.17) is 5.73 Å². The Hall–Kier alpha value is -5.34. The number of nitrogens with zero attached hydrogens (tertiary/aromatic N) is 7. The molecule has 14 heteroatoms. The molecule has 1 heterocycles. The second kappa shape index (κ2) is 11.0. The fraction of sp³-hybridized carbons (Fsp3) is 0.0741. The van der Waals surface area contributed by atoms with Crippen molar-refractivity contribution in [1.29, 1.82) is 0 Å². The van der Waals surface area contributed by atoms with Gasteiger partial charge in [-0.15, -0.1) is 10.2 Å². The normalized spacial score (nSPS) is 12.0. The van der Waals surface area contributed by atoms with Gasteiger partial charge in [0.1, 0.15) is 27.9 Å². The van der Waals surface area contributed by atoms with Gasteiger partial charge < -0.3 is 16.2 Å². The number of azo groups is 2. The highest BCUT2D eigenvalue weighted by atomic mass is 32.2. The third-order valence-electron chi connectivity index (χ3n) is 5.77. The number of aromatic hydroxyl groups is 1. The molecule has 0 saturated carbocycles. The number of nitrogens with two attached hydrogens (primary N) is 1. The lowest BCUT2D eigenvalue weighted by molar-refractivity contribution is 0.472. The van der Waals surface area contributed by atoms with Crippen LogP contribution in [0.2, 0.25) is 0 Å². The maximum absolute atomic E-state index is 12.2. The molecule has 4 aromatic carbocycles. The summed E-state index contributed by atoms with van der Waals surface area (Å²) in [6.45, 7) is 3.49. The molecule has 0 radical (unpaired) electrons. The van der Waals surface area contributed by atoms with Gasteiger partial charge in [0, 0.05) is 5.69 Å². The van der Waals surface area contributed by atoms with Gasteiger partial charge >= 0.3 is 0 Å². The van der Waals surface area contributed by atoms with Gasteiger partial charge in [-0.3, -0.25) is 4.55 Å². The minimum Gasteiger partial charge on any atom is -0.505 e. The molecule has 13 nitrogen and oxygen atoms in total. The van der Waals surface area contributed by atoms with Crippen LogP contribution in [0.3, 0.4) is 0 Å². The number of phenols is 1. The van der Waals surface area contributed by atoms with E-state index in [2.05, 4.69) is 40.7 Å². The monoisotopic (exact) mass is 569 g/mol. The zero-order chi connectivity index (χ0) is 29.1. The summed E-state index contributed by atoms with van der Waals surface area (Å²) in [6, 6.07) is 19.8. The van der Waals surface area contributed by atoms with Gasteiger partial charge in [-0.05, 0) is 61.7 Å². The summed E-state index contributed by atoms with van der Waals surface area (Å²) in [5, 5.41) is 30.9. The molecule has 0 spiro atoms. The quantitative estimate of drug-likeness (QED) is 0.0928. The van der Waals surface area contributed by atoms with Crippen molar-refractivity contribution in [3.63, 3.8) is 0 Å². The minimum absolute atomic E-state index is 0.0344. The van der Waals surface area contributed by atoms with Gasteiger partial charge in [0.2, 0.25) is 5.95 Å². The van der Waals surface area contributed by atoms with Crippen molar-refractivity contribution >= 4 is 61.0 Å². The summed E-state index contributed by atoms with van der Waals surface area (Å²) in [5.74, 6) is 0.827. The topological polar surface area (TPSA) is 201 Å². The van der Waals surface area contributed by atoms with E-state index in [9.17, 15) is 18.1 Å². The zero-order valence-corrected chi connectivity index (χ0v) is 22.6. The third kappa shape index (κ3) is 6.13. The second-order valence-corrected chi connectivity index (χ2v) is 10.2. The Labute approximate surface area is 234 Å². The molecule has 0 aliphatic heterocycles. The predicted molar refractivity (Wildman–Crippen MR) is 154 cm³/mol. The molecule has 0 atom stereocenters. The summed E-state index contributed by atoms with van der Waals surface area (Å²) < 4.78 is 34.4. The lowest BCUT2D eigenvalue weighted by Gasteiger charge is -2.12. The standard InChI is InChI=1S/C27H23N9O4S/c1-15-29-16(2)31-27(30-15)32-19-9-6-10-20(14-19)34-36-25-22(41(38,39)40)13-17-11-12-21(24(28)23(17)26(25)37)35-33-18-7-4-3-5-8-18/h3-14,37H,28H2,1-2H3,(H,38,39,40)(H,29,30,31,32).